The molecule has 3 fully saturated rings. The molecule has 194 valence electrons. The fraction of sp³-hybridized carbons (Fsp3) is 0.500. The van der Waals surface area contributed by atoms with Crippen molar-refractivity contribution in [2.24, 2.45) is 0 Å². The molecule has 1 aromatic carbocycles. The topological polar surface area (TPSA) is 92.3 Å². The fourth-order valence-corrected chi connectivity index (χ4v) is 5.91. The van der Waals surface area contributed by atoms with Crippen LogP contribution in [0.25, 0.3) is 0 Å². The van der Waals surface area contributed by atoms with E-state index in [2.05, 4.69) is 4.90 Å². The molecule has 0 bridgehead atoms. The predicted molar refractivity (Wildman–Crippen MR) is 135 cm³/mol. The second-order valence-electron chi connectivity index (χ2n) is 10.5. The molecular weight excluding hydrogens is 472 g/mol. The molecule has 3 aliphatic heterocycles. The van der Waals surface area contributed by atoms with Crippen LogP contribution in [-0.4, -0.2) is 78.6 Å². The fourth-order valence-electron chi connectivity index (χ4n) is 5.91. The Morgan fingerprint density at radius 1 is 1.00 bits per heavy atom. The summed E-state index contributed by atoms with van der Waals surface area (Å²) in [7, 11) is 0. The smallest absolute Gasteiger partial charge is 0.409 e. The number of piperazine rings is 1. The molecule has 4 aliphatic rings. The highest BCUT2D eigenvalue weighted by atomic mass is 16.6. The quantitative estimate of drug-likeness (QED) is 0.578. The Bertz CT molecular complexity index is 1220. The third kappa shape index (κ3) is 4.01. The van der Waals surface area contributed by atoms with Gasteiger partial charge in [0, 0.05) is 50.9 Å². The molecule has 37 heavy (non-hydrogen) atoms. The number of anilines is 1. The van der Waals surface area contributed by atoms with Crippen molar-refractivity contribution in [2.75, 3.05) is 50.8 Å². The van der Waals surface area contributed by atoms with Crippen LogP contribution in [0.3, 0.4) is 0 Å². The molecule has 9 heteroatoms. The number of carbonyl (C=O) groups is 3. The number of carbonyl (C=O) groups excluding carboxylic acids is 3. The Kier molecular flexibility index (Phi) is 5.81. The van der Waals surface area contributed by atoms with Gasteiger partial charge in [-0.2, -0.15) is 0 Å². The molecule has 2 aromatic rings. The van der Waals surface area contributed by atoms with Gasteiger partial charge in [-0.1, -0.05) is 31.2 Å². The van der Waals surface area contributed by atoms with Gasteiger partial charge in [0.05, 0.1) is 24.1 Å². The lowest BCUT2D eigenvalue weighted by atomic mass is 9.91. The second-order valence-corrected chi connectivity index (χ2v) is 10.5. The van der Waals surface area contributed by atoms with Crippen molar-refractivity contribution in [1.29, 1.82) is 0 Å². The van der Waals surface area contributed by atoms with E-state index in [9.17, 15) is 14.4 Å². The van der Waals surface area contributed by atoms with Crippen LogP contribution in [0, 0.1) is 0 Å². The predicted octanol–water partition coefficient (Wildman–Crippen LogP) is 3.08. The van der Waals surface area contributed by atoms with E-state index in [1.54, 1.807) is 11.0 Å². The molecule has 1 atom stereocenters. The van der Waals surface area contributed by atoms with E-state index in [4.69, 9.17) is 14.5 Å². The van der Waals surface area contributed by atoms with Crippen molar-refractivity contribution >= 4 is 23.8 Å². The average molecular weight is 505 g/mol. The summed E-state index contributed by atoms with van der Waals surface area (Å²) in [5.74, 6) is 0.645. The summed E-state index contributed by atoms with van der Waals surface area (Å²) in [5.41, 5.74) is 1.17. The van der Waals surface area contributed by atoms with Gasteiger partial charge in [-0.3, -0.25) is 4.79 Å². The van der Waals surface area contributed by atoms with Gasteiger partial charge in [0.2, 0.25) is 5.91 Å². The van der Waals surface area contributed by atoms with Crippen LogP contribution in [-0.2, 0) is 25.3 Å². The molecule has 1 aliphatic carbocycles. The minimum Gasteiger partial charge on any atom is -0.449 e. The van der Waals surface area contributed by atoms with Crippen molar-refractivity contribution in [3.8, 4) is 0 Å². The van der Waals surface area contributed by atoms with Crippen molar-refractivity contribution in [3.05, 3.63) is 59.3 Å². The number of benzene rings is 1. The van der Waals surface area contributed by atoms with Crippen LogP contribution in [0.1, 0.15) is 54.1 Å². The number of hydrogen-bond donors (Lipinski definition) is 0. The summed E-state index contributed by atoms with van der Waals surface area (Å²) in [4.78, 5) is 48.7. The number of amides is 2. The summed E-state index contributed by atoms with van der Waals surface area (Å²) in [6, 6.07) is 11.5. The van der Waals surface area contributed by atoms with Crippen LogP contribution in [0.2, 0.25) is 0 Å². The maximum absolute atomic E-state index is 13.7. The zero-order valence-electron chi connectivity index (χ0n) is 21.1. The largest absolute Gasteiger partial charge is 0.449 e. The average Bonchev–Trinajstić information content (AvgIpc) is 3.57. The van der Waals surface area contributed by atoms with Gasteiger partial charge in [-0.05, 0) is 37.0 Å². The molecule has 1 aromatic heterocycles. The van der Waals surface area contributed by atoms with Crippen molar-refractivity contribution < 1.29 is 23.9 Å². The maximum Gasteiger partial charge on any atom is 0.409 e. The molecular formula is C28H32N4O5. The number of nitrogens with zero attached hydrogens (tertiary/aromatic N) is 4. The second kappa shape index (κ2) is 9.04. The lowest BCUT2D eigenvalue weighted by molar-refractivity contribution is -0.134. The van der Waals surface area contributed by atoms with E-state index in [1.807, 2.05) is 48.4 Å². The lowest BCUT2D eigenvalue weighted by Crippen LogP contribution is -2.49. The van der Waals surface area contributed by atoms with Crippen LogP contribution in [0.15, 0.2) is 42.6 Å². The first-order valence-electron chi connectivity index (χ1n) is 13.2. The van der Waals surface area contributed by atoms with Gasteiger partial charge in [-0.15, -0.1) is 0 Å². The standard InChI is InChI=1S/C28H32N4O5/c1-2-17-36-26(35)31-15-13-30(14-16-31)23-8-7-20(18-29-23)27(9-10-27)25(34)32-12-11-28(19-32)22-6-4-3-5-21(22)24(33)37-28/h3-8,18H,2,9-17,19H2,1H3. The summed E-state index contributed by atoms with van der Waals surface area (Å²) >= 11 is 0. The molecule has 0 radical (unpaired) electrons. The summed E-state index contributed by atoms with van der Waals surface area (Å²) in [5, 5.41) is 0. The number of aromatic nitrogens is 1. The number of rotatable bonds is 5. The van der Waals surface area contributed by atoms with Crippen molar-refractivity contribution in [3.63, 3.8) is 0 Å². The zero-order chi connectivity index (χ0) is 25.6. The van der Waals surface area contributed by atoms with E-state index in [1.165, 1.54) is 0 Å². The monoisotopic (exact) mass is 504 g/mol. The number of fused-ring (bicyclic) bond motifs is 2. The molecule has 2 saturated heterocycles. The minimum atomic E-state index is -0.730. The van der Waals surface area contributed by atoms with Crippen molar-refractivity contribution in [2.45, 2.75) is 43.6 Å². The molecule has 1 spiro atoms. The highest BCUT2D eigenvalue weighted by molar-refractivity contribution is 5.96. The van der Waals surface area contributed by atoms with Gasteiger partial charge >= 0.3 is 12.1 Å². The number of likely N-dealkylation sites (tertiary alicyclic amines) is 1. The van der Waals surface area contributed by atoms with Gasteiger partial charge in [0.15, 0.2) is 5.60 Å². The first kappa shape index (κ1) is 23.8. The zero-order valence-corrected chi connectivity index (χ0v) is 21.1. The first-order chi connectivity index (χ1) is 18.0. The Labute approximate surface area is 216 Å². The maximum atomic E-state index is 13.7. The van der Waals surface area contributed by atoms with Gasteiger partial charge in [0.25, 0.3) is 0 Å². The molecule has 1 saturated carbocycles. The Morgan fingerprint density at radius 2 is 1.78 bits per heavy atom. The highest BCUT2D eigenvalue weighted by Crippen LogP contribution is 2.52. The highest BCUT2D eigenvalue weighted by Gasteiger charge is 2.57. The van der Waals surface area contributed by atoms with E-state index in [0.29, 0.717) is 57.9 Å². The van der Waals surface area contributed by atoms with E-state index >= 15 is 0 Å². The van der Waals surface area contributed by atoms with Crippen molar-refractivity contribution in [1.82, 2.24) is 14.8 Å². The van der Waals surface area contributed by atoms with Crippen LogP contribution in [0.4, 0.5) is 10.6 Å². The number of ether oxygens (including phenoxy) is 2. The van der Waals surface area contributed by atoms with E-state index in [-0.39, 0.29) is 18.0 Å². The van der Waals surface area contributed by atoms with Gasteiger partial charge < -0.3 is 24.2 Å². The SMILES string of the molecule is CCCOC(=O)N1CCN(c2ccc(C3(C(=O)N4CCC5(C4)OC(=O)c4ccccc45)CC3)cn2)CC1. The summed E-state index contributed by atoms with van der Waals surface area (Å²) in [6.45, 7) is 5.96. The third-order valence-electron chi connectivity index (χ3n) is 8.20. The van der Waals surface area contributed by atoms with Crippen LogP contribution in [0.5, 0.6) is 0 Å². The van der Waals surface area contributed by atoms with E-state index < -0.39 is 11.0 Å². The molecule has 9 nitrogen and oxygen atoms in total. The molecule has 2 amide bonds. The molecule has 6 rings (SSSR count). The molecule has 1 unspecified atom stereocenters. The van der Waals surface area contributed by atoms with Gasteiger partial charge in [-0.25, -0.2) is 14.6 Å². The van der Waals surface area contributed by atoms with Crippen LogP contribution < -0.4 is 4.90 Å². The number of pyridine rings is 1. The normalized spacial score (nSPS) is 23.7. The minimum absolute atomic E-state index is 0.0959. The van der Waals surface area contributed by atoms with E-state index in [0.717, 1.165) is 36.2 Å². The molecule has 0 N–H and O–H groups in total. The third-order valence-corrected chi connectivity index (χ3v) is 8.20. The lowest BCUT2D eigenvalue weighted by Gasteiger charge is -2.35. The molecule has 4 heterocycles. The number of esters is 1. The Morgan fingerprint density at radius 3 is 2.49 bits per heavy atom. The van der Waals surface area contributed by atoms with Crippen LogP contribution >= 0.6 is 0 Å². The summed E-state index contributed by atoms with van der Waals surface area (Å²) in [6.07, 6.45) is 4.60. The van der Waals surface area contributed by atoms with Gasteiger partial charge in [0.1, 0.15) is 5.82 Å². The number of hydrogen-bond acceptors (Lipinski definition) is 7. The summed E-state index contributed by atoms with van der Waals surface area (Å²) < 4.78 is 11.1. The Balaban J connectivity index is 1.11. The first-order valence-corrected chi connectivity index (χ1v) is 13.2. The Hall–Kier alpha value is -3.62.